The van der Waals surface area contributed by atoms with Crippen LogP contribution in [-0.4, -0.2) is 56.9 Å². The van der Waals surface area contributed by atoms with Crippen molar-refractivity contribution in [3.05, 3.63) is 29.7 Å². The van der Waals surface area contributed by atoms with E-state index in [-0.39, 0.29) is 17.9 Å². The molecule has 2 aliphatic rings. The lowest BCUT2D eigenvalue weighted by atomic mass is 10.0. The second-order valence-corrected chi connectivity index (χ2v) is 8.70. The molecule has 0 aromatic carbocycles. The number of piperidine rings is 1. The first kappa shape index (κ1) is 22.0. The number of amides is 1. The van der Waals surface area contributed by atoms with Crippen molar-refractivity contribution in [2.24, 2.45) is 16.8 Å². The lowest BCUT2D eigenvalue weighted by Crippen LogP contribution is -2.48. The molecule has 4 N–H and O–H groups in total. The fourth-order valence-electron chi connectivity index (χ4n) is 3.94. The van der Waals surface area contributed by atoms with E-state index in [0.717, 1.165) is 44.6 Å². The minimum Gasteiger partial charge on any atom is -0.332 e. The fraction of sp³-hybridized carbons (Fsp3) is 0.571. The number of nitrogens with zero attached hydrogens (tertiary/aromatic N) is 7. The number of hydrazine groups is 1. The number of pyridine rings is 1. The maximum atomic E-state index is 13.4. The number of carbonyl (C=O) groups is 1. The minimum atomic E-state index is 0.0117. The number of hydrogen-bond donors (Lipinski definition) is 2. The number of aromatic nitrogens is 3. The van der Waals surface area contributed by atoms with Crippen LogP contribution in [0.25, 0.3) is 0 Å². The largest absolute Gasteiger partial charge is 0.332 e. The van der Waals surface area contributed by atoms with Crippen LogP contribution in [0, 0.1) is 0 Å². The number of carbonyl (C=O) groups excluding carboxylic acids is 1. The number of rotatable bonds is 6. The van der Waals surface area contributed by atoms with Gasteiger partial charge in [-0.1, -0.05) is 19.0 Å². The van der Waals surface area contributed by atoms with Gasteiger partial charge in [0, 0.05) is 37.3 Å². The van der Waals surface area contributed by atoms with Crippen molar-refractivity contribution >= 4 is 23.6 Å². The summed E-state index contributed by atoms with van der Waals surface area (Å²) in [6.45, 7) is 7.31. The van der Waals surface area contributed by atoms with Crippen LogP contribution in [0.4, 0.5) is 11.8 Å². The smallest absolute Gasteiger partial charge is 0.324 e. The van der Waals surface area contributed by atoms with Gasteiger partial charge in [-0.15, -0.1) is 0 Å². The molecule has 11 heteroatoms. The number of amidine groups is 1. The number of hydrogen-bond acceptors (Lipinski definition) is 9. The first-order valence-electron chi connectivity index (χ1n) is 11.1. The van der Waals surface area contributed by atoms with Gasteiger partial charge in [0.05, 0.1) is 5.56 Å². The topological polar surface area (TPSA) is 143 Å². The molecular formula is C21H31N9O2. The summed E-state index contributed by atoms with van der Waals surface area (Å²) in [6.07, 6.45) is 5.37. The third-order valence-corrected chi connectivity index (χ3v) is 6.03. The van der Waals surface area contributed by atoms with Crippen LogP contribution in [0.1, 0.15) is 68.6 Å². The molecule has 2 aromatic rings. The molecule has 0 unspecified atom stereocenters. The molecule has 0 bridgehead atoms. The first-order valence-corrected chi connectivity index (χ1v) is 11.1. The monoisotopic (exact) mass is 441 g/mol. The van der Waals surface area contributed by atoms with Crippen LogP contribution in [-0.2, 0) is 0 Å². The standard InChI is InChI=1S/C21H31N9O2/c1-13(2)19-25-21(32-27-19)28-10-8-17(9-11-28)29(16-5-6-16)20(31)15-4-7-18(24-12-15)30(23)14(3)26-22/h4,7,12-13,16-17H,5-6,8-11,22-23H2,1-3H3. The zero-order valence-electron chi connectivity index (χ0n) is 18.8. The van der Waals surface area contributed by atoms with E-state index in [1.165, 1.54) is 5.01 Å². The Labute approximate surface area is 187 Å². The Bertz CT molecular complexity index is 960. The highest BCUT2D eigenvalue weighted by Crippen LogP contribution is 2.34. The predicted molar refractivity (Wildman–Crippen MR) is 121 cm³/mol. The first-order chi connectivity index (χ1) is 15.4. The second kappa shape index (κ2) is 9.11. The summed E-state index contributed by atoms with van der Waals surface area (Å²) >= 11 is 0. The third kappa shape index (κ3) is 4.52. The van der Waals surface area contributed by atoms with Gasteiger partial charge in [-0.25, -0.2) is 15.8 Å². The molecule has 1 saturated heterocycles. The van der Waals surface area contributed by atoms with Crippen molar-refractivity contribution in [1.82, 2.24) is 20.0 Å². The molecule has 1 amide bonds. The maximum Gasteiger partial charge on any atom is 0.324 e. The molecule has 1 aliphatic carbocycles. The van der Waals surface area contributed by atoms with Gasteiger partial charge in [0.25, 0.3) is 5.91 Å². The normalized spacial score (nSPS) is 17.7. The molecule has 2 aromatic heterocycles. The summed E-state index contributed by atoms with van der Waals surface area (Å²) in [4.78, 5) is 26.4. The highest BCUT2D eigenvalue weighted by atomic mass is 16.5. The van der Waals surface area contributed by atoms with Crippen LogP contribution in [0.3, 0.4) is 0 Å². The second-order valence-electron chi connectivity index (χ2n) is 8.70. The van der Waals surface area contributed by atoms with Crippen molar-refractivity contribution in [1.29, 1.82) is 0 Å². The Balaban J connectivity index is 1.42. The van der Waals surface area contributed by atoms with E-state index < -0.39 is 0 Å². The van der Waals surface area contributed by atoms with Gasteiger partial charge in [-0.05, 0) is 44.7 Å². The van der Waals surface area contributed by atoms with Gasteiger partial charge in [-0.3, -0.25) is 4.79 Å². The molecule has 4 rings (SSSR count). The average Bonchev–Trinajstić information content (AvgIpc) is 3.52. The van der Waals surface area contributed by atoms with E-state index in [9.17, 15) is 4.79 Å². The maximum absolute atomic E-state index is 13.4. The molecule has 0 spiro atoms. The Morgan fingerprint density at radius 1 is 1.22 bits per heavy atom. The summed E-state index contributed by atoms with van der Waals surface area (Å²) in [5, 5.41) is 8.91. The van der Waals surface area contributed by atoms with Gasteiger partial charge in [0.15, 0.2) is 5.82 Å². The van der Waals surface area contributed by atoms with E-state index in [4.69, 9.17) is 16.2 Å². The molecule has 0 radical (unpaired) electrons. The van der Waals surface area contributed by atoms with Crippen LogP contribution in [0.5, 0.6) is 0 Å². The highest BCUT2D eigenvalue weighted by Gasteiger charge is 2.39. The quantitative estimate of drug-likeness (QED) is 0.297. The lowest BCUT2D eigenvalue weighted by Gasteiger charge is -2.38. The van der Waals surface area contributed by atoms with Crippen molar-refractivity contribution in [3.8, 4) is 0 Å². The Hall–Kier alpha value is -3.21. The molecule has 172 valence electrons. The van der Waals surface area contributed by atoms with E-state index in [2.05, 4.69) is 25.1 Å². The highest BCUT2D eigenvalue weighted by molar-refractivity contribution is 5.96. The van der Waals surface area contributed by atoms with E-state index in [1.807, 2.05) is 18.7 Å². The van der Waals surface area contributed by atoms with Gasteiger partial charge in [0.1, 0.15) is 11.7 Å². The average molecular weight is 442 g/mol. The summed E-state index contributed by atoms with van der Waals surface area (Å²) in [7, 11) is 0. The van der Waals surface area contributed by atoms with Crippen LogP contribution in [0.15, 0.2) is 28.0 Å². The lowest BCUT2D eigenvalue weighted by molar-refractivity contribution is 0.0629. The fourth-order valence-corrected chi connectivity index (χ4v) is 3.94. The van der Waals surface area contributed by atoms with E-state index in [0.29, 0.717) is 29.3 Å². The third-order valence-electron chi connectivity index (χ3n) is 6.03. The molecule has 11 nitrogen and oxygen atoms in total. The van der Waals surface area contributed by atoms with Gasteiger partial charge < -0.3 is 20.2 Å². The van der Waals surface area contributed by atoms with Crippen molar-refractivity contribution in [2.45, 2.75) is 64.5 Å². The van der Waals surface area contributed by atoms with Gasteiger partial charge >= 0.3 is 6.01 Å². The number of anilines is 2. The SMILES string of the molecule is CC(=NN)N(N)c1ccc(C(=O)N(C2CC2)C2CCN(c3nc(C(C)C)no3)CC2)cn1. The van der Waals surface area contributed by atoms with Crippen LogP contribution >= 0.6 is 0 Å². The molecule has 2 fully saturated rings. The number of hydrazone groups is 1. The Morgan fingerprint density at radius 2 is 1.91 bits per heavy atom. The molecule has 1 saturated carbocycles. The Morgan fingerprint density at radius 3 is 2.44 bits per heavy atom. The molecule has 32 heavy (non-hydrogen) atoms. The van der Waals surface area contributed by atoms with Gasteiger partial charge in [-0.2, -0.15) is 10.1 Å². The summed E-state index contributed by atoms with van der Waals surface area (Å²) in [6, 6.07) is 4.50. The van der Waals surface area contributed by atoms with Crippen LogP contribution in [0.2, 0.25) is 0 Å². The summed E-state index contributed by atoms with van der Waals surface area (Å²) in [5.41, 5.74) is 0.553. The number of nitrogens with two attached hydrogens (primary N) is 2. The van der Waals surface area contributed by atoms with Crippen LogP contribution < -0.4 is 21.6 Å². The molecule has 1 aliphatic heterocycles. The van der Waals surface area contributed by atoms with Gasteiger partial charge in [0.2, 0.25) is 0 Å². The zero-order valence-corrected chi connectivity index (χ0v) is 18.8. The molecule has 3 heterocycles. The zero-order chi connectivity index (χ0) is 22.8. The molecular weight excluding hydrogens is 410 g/mol. The van der Waals surface area contributed by atoms with Crippen molar-refractivity contribution < 1.29 is 9.32 Å². The summed E-state index contributed by atoms with van der Waals surface area (Å²) in [5.74, 6) is 13.1. The minimum absolute atomic E-state index is 0.0117. The van der Waals surface area contributed by atoms with Crippen molar-refractivity contribution in [3.63, 3.8) is 0 Å². The molecule has 0 atom stereocenters. The Kier molecular flexibility index (Phi) is 6.26. The predicted octanol–water partition coefficient (Wildman–Crippen LogP) is 1.83. The van der Waals surface area contributed by atoms with E-state index >= 15 is 0 Å². The summed E-state index contributed by atoms with van der Waals surface area (Å²) < 4.78 is 5.44. The van der Waals surface area contributed by atoms with Crippen molar-refractivity contribution in [2.75, 3.05) is 23.0 Å². The van der Waals surface area contributed by atoms with E-state index in [1.54, 1.807) is 25.3 Å².